The number of nitrogens with zero attached hydrogens (tertiary/aromatic N) is 1. The molecule has 2 rings (SSSR count). The van der Waals surface area contributed by atoms with Crippen LogP contribution in [0.25, 0.3) is 0 Å². The van der Waals surface area contributed by atoms with Gasteiger partial charge >= 0.3 is 0 Å². The van der Waals surface area contributed by atoms with Gasteiger partial charge < -0.3 is 10.2 Å². The highest BCUT2D eigenvalue weighted by molar-refractivity contribution is 5.18. The van der Waals surface area contributed by atoms with Gasteiger partial charge in [-0.25, -0.2) is 8.78 Å². The molecule has 19 heavy (non-hydrogen) atoms. The zero-order valence-electron chi connectivity index (χ0n) is 11.5. The van der Waals surface area contributed by atoms with Crippen LogP contribution in [0.2, 0.25) is 0 Å². The number of likely N-dealkylation sites (tertiary alicyclic amines) is 1. The molecule has 0 aliphatic carbocycles. The van der Waals surface area contributed by atoms with E-state index in [1.54, 1.807) is 6.07 Å². The van der Waals surface area contributed by atoms with Crippen molar-refractivity contribution in [2.75, 3.05) is 26.2 Å². The molecule has 1 aliphatic heterocycles. The molecule has 1 heterocycles. The van der Waals surface area contributed by atoms with Crippen molar-refractivity contribution >= 4 is 0 Å². The Hall–Kier alpha value is -1.00. The van der Waals surface area contributed by atoms with Gasteiger partial charge in [0, 0.05) is 12.6 Å². The fraction of sp³-hybridized carbons (Fsp3) is 0.600. The van der Waals surface area contributed by atoms with Gasteiger partial charge in [-0.3, -0.25) is 0 Å². The lowest BCUT2D eigenvalue weighted by molar-refractivity contribution is 0.299. The van der Waals surface area contributed by atoms with Crippen LogP contribution in [0.1, 0.15) is 25.3 Å². The first-order valence-corrected chi connectivity index (χ1v) is 7.05. The molecule has 0 amide bonds. The van der Waals surface area contributed by atoms with Crippen molar-refractivity contribution < 1.29 is 8.78 Å². The predicted octanol–water partition coefficient (Wildman–Crippen LogP) is 2.58. The molecule has 1 aromatic rings. The largest absolute Gasteiger partial charge is 0.313 e. The standard InChI is InChI=1S/C15H22F2N2/c1-12(11-19-8-2-3-9-19)18-7-6-13-4-5-14(16)15(17)10-13/h4-5,10,12,18H,2-3,6-9,11H2,1H3. The number of hydrogen-bond acceptors (Lipinski definition) is 2. The van der Waals surface area contributed by atoms with Crippen LogP contribution in [-0.2, 0) is 6.42 Å². The molecular formula is C15H22F2N2. The van der Waals surface area contributed by atoms with Crippen molar-refractivity contribution in [1.82, 2.24) is 10.2 Å². The second-order valence-corrected chi connectivity index (χ2v) is 5.36. The average Bonchev–Trinajstić information content (AvgIpc) is 2.86. The maximum Gasteiger partial charge on any atom is 0.159 e. The minimum atomic E-state index is -0.779. The smallest absolute Gasteiger partial charge is 0.159 e. The van der Waals surface area contributed by atoms with E-state index < -0.39 is 11.6 Å². The summed E-state index contributed by atoms with van der Waals surface area (Å²) in [7, 11) is 0. The molecule has 1 aliphatic rings. The molecule has 106 valence electrons. The van der Waals surface area contributed by atoms with Crippen LogP contribution >= 0.6 is 0 Å². The molecule has 0 saturated carbocycles. The number of rotatable bonds is 6. The molecule has 1 unspecified atom stereocenters. The predicted molar refractivity (Wildman–Crippen MR) is 73.2 cm³/mol. The second-order valence-electron chi connectivity index (χ2n) is 5.36. The highest BCUT2D eigenvalue weighted by Gasteiger charge is 2.14. The Balaban J connectivity index is 1.68. The summed E-state index contributed by atoms with van der Waals surface area (Å²) in [6.45, 7) is 6.44. The number of halogens is 2. The molecular weight excluding hydrogens is 246 g/mol. The lowest BCUT2D eigenvalue weighted by Gasteiger charge is -2.21. The van der Waals surface area contributed by atoms with E-state index in [9.17, 15) is 8.78 Å². The maximum absolute atomic E-state index is 13.0. The summed E-state index contributed by atoms with van der Waals surface area (Å²) in [6, 6.07) is 4.55. The summed E-state index contributed by atoms with van der Waals surface area (Å²) in [5.41, 5.74) is 0.833. The highest BCUT2D eigenvalue weighted by atomic mass is 19.2. The Labute approximate surface area is 113 Å². The fourth-order valence-corrected chi connectivity index (χ4v) is 2.58. The van der Waals surface area contributed by atoms with Gasteiger partial charge in [0.2, 0.25) is 0 Å². The van der Waals surface area contributed by atoms with Crippen molar-refractivity contribution in [2.45, 2.75) is 32.2 Å². The number of hydrogen-bond donors (Lipinski definition) is 1. The first-order chi connectivity index (χ1) is 9.15. The SMILES string of the molecule is CC(CN1CCCC1)NCCc1ccc(F)c(F)c1. The minimum absolute atomic E-state index is 0.434. The zero-order chi connectivity index (χ0) is 13.7. The van der Waals surface area contributed by atoms with Gasteiger partial charge in [-0.1, -0.05) is 6.07 Å². The summed E-state index contributed by atoms with van der Waals surface area (Å²) in [4.78, 5) is 2.47. The van der Waals surface area contributed by atoms with E-state index in [0.717, 1.165) is 25.1 Å². The molecule has 1 fully saturated rings. The van der Waals surface area contributed by atoms with E-state index >= 15 is 0 Å². The summed E-state index contributed by atoms with van der Waals surface area (Å²) >= 11 is 0. The van der Waals surface area contributed by atoms with Gasteiger partial charge in [-0.05, 0) is 63.5 Å². The zero-order valence-corrected chi connectivity index (χ0v) is 11.5. The Kier molecular flexibility index (Phi) is 5.28. The summed E-state index contributed by atoms with van der Waals surface area (Å²) in [5.74, 6) is -1.54. The van der Waals surface area contributed by atoms with E-state index in [1.165, 1.54) is 38.1 Å². The van der Waals surface area contributed by atoms with E-state index in [1.807, 2.05) is 0 Å². The van der Waals surface area contributed by atoms with Crippen molar-refractivity contribution in [3.05, 3.63) is 35.4 Å². The van der Waals surface area contributed by atoms with E-state index in [2.05, 4.69) is 17.1 Å². The lowest BCUT2D eigenvalue weighted by Crippen LogP contribution is -2.38. The molecule has 1 saturated heterocycles. The molecule has 0 aromatic heterocycles. The summed E-state index contributed by atoms with van der Waals surface area (Å²) in [6.07, 6.45) is 3.34. The first-order valence-electron chi connectivity index (χ1n) is 7.05. The molecule has 1 N–H and O–H groups in total. The number of benzene rings is 1. The Bertz CT molecular complexity index is 403. The van der Waals surface area contributed by atoms with Gasteiger partial charge in [-0.15, -0.1) is 0 Å². The van der Waals surface area contributed by atoms with Crippen LogP contribution in [0.15, 0.2) is 18.2 Å². The topological polar surface area (TPSA) is 15.3 Å². The van der Waals surface area contributed by atoms with Crippen LogP contribution in [0.5, 0.6) is 0 Å². The lowest BCUT2D eigenvalue weighted by atomic mass is 10.1. The monoisotopic (exact) mass is 268 g/mol. The van der Waals surface area contributed by atoms with E-state index in [0.29, 0.717) is 6.04 Å². The van der Waals surface area contributed by atoms with E-state index in [-0.39, 0.29) is 0 Å². The molecule has 2 nitrogen and oxygen atoms in total. The van der Waals surface area contributed by atoms with Crippen LogP contribution in [0.4, 0.5) is 8.78 Å². The van der Waals surface area contributed by atoms with Gasteiger partial charge in [-0.2, -0.15) is 0 Å². The van der Waals surface area contributed by atoms with Crippen molar-refractivity contribution in [3.8, 4) is 0 Å². The van der Waals surface area contributed by atoms with Crippen LogP contribution in [0.3, 0.4) is 0 Å². The van der Waals surface area contributed by atoms with Crippen molar-refractivity contribution in [2.24, 2.45) is 0 Å². The van der Waals surface area contributed by atoms with Crippen molar-refractivity contribution in [3.63, 3.8) is 0 Å². The molecule has 1 atom stereocenters. The summed E-state index contributed by atoms with van der Waals surface area (Å²) < 4.78 is 25.8. The maximum atomic E-state index is 13.0. The van der Waals surface area contributed by atoms with E-state index in [4.69, 9.17) is 0 Å². The quantitative estimate of drug-likeness (QED) is 0.853. The number of nitrogens with one attached hydrogen (secondary N) is 1. The molecule has 0 radical (unpaired) electrons. The Morgan fingerprint density at radius 3 is 2.63 bits per heavy atom. The second kappa shape index (κ2) is 6.96. The summed E-state index contributed by atoms with van der Waals surface area (Å²) in [5, 5.41) is 3.43. The molecule has 0 spiro atoms. The van der Waals surface area contributed by atoms with Gasteiger partial charge in [0.05, 0.1) is 0 Å². The average molecular weight is 268 g/mol. The normalized spacial score (nSPS) is 17.8. The fourth-order valence-electron chi connectivity index (χ4n) is 2.58. The first kappa shape index (κ1) is 14.4. The van der Waals surface area contributed by atoms with Gasteiger partial charge in [0.25, 0.3) is 0 Å². The third-order valence-corrected chi connectivity index (χ3v) is 3.62. The van der Waals surface area contributed by atoms with Crippen LogP contribution in [0, 0.1) is 11.6 Å². The van der Waals surface area contributed by atoms with Gasteiger partial charge in [0.1, 0.15) is 0 Å². The third-order valence-electron chi connectivity index (χ3n) is 3.62. The van der Waals surface area contributed by atoms with Crippen molar-refractivity contribution in [1.29, 1.82) is 0 Å². The molecule has 1 aromatic carbocycles. The van der Waals surface area contributed by atoms with Crippen LogP contribution < -0.4 is 5.32 Å². The van der Waals surface area contributed by atoms with Crippen LogP contribution in [-0.4, -0.2) is 37.1 Å². The molecule has 4 heteroatoms. The molecule has 0 bridgehead atoms. The Morgan fingerprint density at radius 2 is 1.95 bits per heavy atom. The highest BCUT2D eigenvalue weighted by Crippen LogP contribution is 2.09. The Morgan fingerprint density at radius 1 is 1.21 bits per heavy atom. The minimum Gasteiger partial charge on any atom is -0.313 e. The third kappa shape index (κ3) is 4.55. The van der Waals surface area contributed by atoms with Gasteiger partial charge in [0.15, 0.2) is 11.6 Å².